The van der Waals surface area contributed by atoms with Gasteiger partial charge in [-0.2, -0.15) is 0 Å². The Morgan fingerprint density at radius 2 is 1.72 bits per heavy atom. The number of carbonyl (C=O) groups is 2. The van der Waals surface area contributed by atoms with Crippen molar-refractivity contribution in [3.8, 4) is 0 Å². The summed E-state index contributed by atoms with van der Waals surface area (Å²) < 4.78 is 11.7. The van der Waals surface area contributed by atoms with Gasteiger partial charge in [0.1, 0.15) is 12.2 Å². The second-order valence-electron chi connectivity index (χ2n) is 8.98. The van der Waals surface area contributed by atoms with Gasteiger partial charge in [0.2, 0.25) is 0 Å². The number of aliphatic carboxylic acids is 1. The van der Waals surface area contributed by atoms with Crippen LogP contribution in [0, 0.1) is 16.0 Å². The van der Waals surface area contributed by atoms with Gasteiger partial charge in [-0.25, -0.2) is 9.59 Å². The minimum atomic E-state index is -1.24. The number of nitrogens with zero attached hydrogens (tertiary/aromatic N) is 1. The number of rotatable bonds is 9. The van der Waals surface area contributed by atoms with Gasteiger partial charge in [0.25, 0.3) is 5.69 Å². The van der Waals surface area contributed by atoms with E-state index in [2.05, 4.69) is 5.32 Å². The van der Waals surface area contributed by atoms with E-state index < -0.39 is 28.4 Å². The quantitative estimate of drug-likeness (QED) is 0.293. The maximum Gasteiger partial charge on any atom is 0.336 e. The molecule has 1 heterocycles. The molecule has 0 saturated heterocycles. The first kappa shape index (κ1) is 26.6. The van der Waals surface area contributed by atoms with Gasteiger partial charge >= 0.3 is 11.9 Å². The number of benzene rings is 2. The van der Waals surface area contributed by atoms with Crippen LogP contribution in [0.25, 0.3) is 0 Å². The van der Waals surface area contributed by atoms with Crippen LogP contribution in [0.1, 0.15) is 44.7 Å². The first-order valence-electron chi connectivity index (χ1n) is 11.5. The lowest BCUT2D eigenvalue weighted by molar-refractivity contribution is -0.384. The van der Waals surface area contributed by atoms with E-state index in [1.165, 1.54) is 18.2 Å². The number of hydrogen-bond donors (Lipinski definition) is 2. The number of nitro groups is 1. The third-order valence-electron chi connectivity index (χ3n) is 6.60. The zero-order valence-electron chi connectivity index (χ0n) is 20.9. The fourth-order valence-electron chi connectivity index (χ4n) is 4.67. The fraction of sp³-hybridized carbons (Fsp3) is 0.333. The number of nitrogens with one attached hydrogen (secondary N) is 1. The Morgan fingerprint density at radius 3 is 2.28 bits per heavy atom. The number of carboxylic acid groups (broad SMARTS) is 1. The van der Waals surface area contributed by atoms with Gasteiger partial charge in [-0.15, -0.1) is 0 Å². The number of allylic oxidation sites excluding steroid dienone is 2. The van der Waals surface area contributed by atoms with Crippen LogP contribution in [0.15, 0.2) is 77.1 Å². The Kier molecular flexibility index (Phi) is 7.94. The van der Waals surface area contributed by atoms with Gasteiger partial charge in [-0.1, -0.05) is 56.3 Å². The van der Waals surface area contributed by atoms with E-state index in [0.29, 0.717) is 17.0 Å². The van der Waals surface area contributed by atoms with Crippen molar-refractivity contribution in [3.05, 3.63) is 98.4 Å². The zero-order chi connectivity index (χ0) is 26.6. The highest BCUT2D eigenvalue weighted by Gasteiger charge is 2.41. The molecule has 2 aromatic carbocycles. The van der Waals surface area contributed by atoms with Crippen molar-refractivity contribution < 1.29 is 29.1 Å². The second kappa shape index (κ2) is 10.7. The minimum absolute atomic E-state index is 0.0680. The molecule has 9 heteroatoms. The predicted octanol–water partition coefficient (Wildman–Crippen LogP) is 4.66. The number of ether oxygens (including phenoxy) is 2. The summed E-state index contributed by atoms with van der Waals surface area (Å²) in [6.45, 7) is 7.03. The molecule has 0 saturated carbocycles. The van der Waals surface area contributed by atoms with Crippen LogP contribution >= 0.6 is 0 Å². The molecular weight excluding hydrogens is 464 g/mol. The van der Waals surface area contributed by atoms with E-state index in [9.17, 15) is 24.8 Å². The molecule has 0 amide bonds. The lowest BCUT2D eigenvalue weighted by atomic mass is 9.80. The molecule has 2 N–H and O–H groups in total. The Balaban J connectivity index is 2.05. The molecule has 0 spiro atoms. The number of esters is 1. The SMILES string of the molecule is CO[C@@](COC(=O)C1=C(C)NC(C)=C(C(=O)O)C1c1cccc([N+](=O)[O-])c1)(c1ccccc1)C(C)C. The van der Waals surface area contributed by atoms with Crippen molar-refractivity contribution in [2.24, 2.45) is 5.92 Å². The summed E-state index contributed by atoms with van der Waals surface area (Å²) >= 11 is 0. The molecule has 2 aromatic rings. The normalized spacial score (nSPS) is 17.4. The Morgan fingerprint density at radius 1 is 1.08 bits per heavy atom. The smallest absolute Gasteiger partial charge is 0.336 e. The highest BCUT2D eigenvalue weighted by Crippen LogP contribution is 2.40. The number of nitro benzene ring substituents is 1. The lowest BCUT2D eigenvalue weighted by Gasteiger charge is -2.37. The largest absolute Gasteiger partial charge is 0.478 e. The van der Waals surface area contributed by atoms with Crippen molar-refractivity contribution in [3.63, 3.8) is 0 Å². The molecule has 0 radical (unpaired) electrons. The molecule has 0 bridgehead atoms. The summed E-state index contributed by atoms with van der Waals surface area (Å²) in [5.74, 6) is -3.11. The molecule has 1 aliphatic heterocycles. The van der Waals surface area contributed by atoms with Crippen LogP contribution < -0.4 is 5.32 Å². The van der Waals surface area contributed by atoms with E-state index in [-0.39, 0.29) is 29.4 Å². The molecule has 36 heavy (non-hydrogen) atoms. The zero-order valence-corrected chi connectivity index (χ0v) is 20.9. The highest BCUT2D eigenvalue weighted by atomic mass is 16.6. The third kappa shape index (κ3) is 5.01. The number of dihydropyridines is 1. The lowest BCUT2D eigenvalue weighted by Crippen LogP contribution is -2.41. The number of carboxylic acids is 1. The number of carbonyl (C=O) groups excluding carboxylic acids is 1. The number of methoxy groups -OCH3 is 1. The molecule has 1 unspecified atom stereocenters. The van der Waals surface area contributed by atoms with Crippen LogP contribution in [0.5, 0.6) is 0 Å². The molecule has 1 aliphatic rings. The summed E-state index contributed by atoms with van der Waals surface area (Å²) in [7, 11) is 1.55. The maximum absolute atomic E-state index is 13.6. The van der Waals surface area contributed by atoms with Crippen molar-refractivity contribution >= 4 is 17.6 Å². The average Bonchev–Trinajstić information content (AvgIpc) is 2.84. The van der Waals surface area contributed by atoms with Crippen LogP contribution in [-0.4, -0.2) is 35.7 Å². The molecule has 0 aliphatic carbocycles. The van der Waals surface area contributed by atoms with Crippen LogP contribution in [0.4, 0.5) is 5.69 Å². The van der Waals surface area contributed by atoms with E-state index >= 15 is 0 Å². The molecular formula is C27H30N2O7. The van der Waals surface area contributed by atoms with E-state index in [1.807, 2.05) is 44.2 Å². The summed E-state index contributed by atoms with van der Waals surface area (Å²) in [5.41, 5.74) is 0.727. The van der Waals surface area contributed by atoms with Crippen molar-refractivity contribution in [1.29, 1.82) is 0 Å². The average molecular weight is 495 g/mol. The maximum atomic E-state index is 13.6. The molecule has 0 aromatic heterocycles. The molecule has 9 nitrogen and oxygen atoms in total. The first-order chi connectivity index (χ1) is 17.0. The summed E-state index contributed by atoms with van der Waals surface area (Å²) in [5, 5.41) is 24.3. The van der Waals surface area contributed by atoms with E-state index in [0.717, 1.165) is 5.56 Å². The molecule has 2 atom stereocenters. The number of hydrogen-bond acceptors (Lipinski definition) is 7. The summed E-state index contributed by atoms with van der Waals surface area (Å²) in [6.07, 6.45) is 0. The monoisotopic (exact) mass is 494 g/mol. The summed E-state index contributed by atoms with van der Waals surface area (Å²) in [4.78, 5) is 36.7. The minimum Gasteiger partial charge on any atom is -0.478 e. The fourth-order valence-corrected chi connectivity index (χ4v) is 4.67. The number of non-ortho nitro benzene ring substituents is 1. The Labute approximate surface area is 209 Å². The standard InChI is InChI=1S/C27H30N2O7/c1-16(2)27(35-5,20-11-7-6-8-12-20)15-36-26(32)23-18(4)28-17(3)22(25(30)31)24(23)19-10-9-13-21(14-19)29(33)34/h6-14,16,24,28H,15H2,1-5H3,(H,30,31)/t24?,27-/m1/s1. The van der Waals surface area contributed by atoms with Gasteiger partial charge < -0.3 is 19.9 Å². The van der Waals surface area contributed by atoms with Crippen molar-refractivity contribution in [2.75, 3.05) is 13.7 Å². The van der Waals surface area contributed by atoms with E-state index in [1.54, 1.807) is 27.0 Å². The highest BCUT2D eigenvalue weighted by molar-refractivity contribution is 5.99. The Bertz CT molecular complexity index is 1230. The second-order valence-corrected chi connectivity index (χ2v) is 8.98. The van der Waals surface area contributed by atoms with Gasteiger partial charge in [-0.05, 0) is 30.9 Å². The van der Waals surface area contributed by atoms with Crippen molar-refractivity contribution in [1.82, 2.24) is 5.32 Å². The Hall–Kier alpha value is -3.98. The van der Waals surface area contributed by atoms with Crippen LogP contribution in [0.2, 0.25) is 0 Å². The topological polar surface area (TPSA) is 128 Å². The van der Waals surface area contributed by atoms with Gasteiger partial charge in [0.05, 0.1) is 22.0 Å². The van der Waals surface area contributed by atoms with Crippen molar-refractivity contribution in [2.45, 2.75) is 39.2 Å². The van der Waals surface area contributed by atoms with Gasteiger partial charge in [0, 0.05) is 30.6 Å². The first-order valence-corrected chi connectivity index (χ1v) is 11.5. The van der Waals surface area contributed by atoms with Gasteiger partial charge in [-0.3, -0.25) is 10.1 Å². The molecule has 3 rings (SSSR count). The predicted molar refractivity (Wildman–Crippen MR) is 133 cm³/mol. The summed E-state index contributed by atoms with van der Waals surface area (Å²) in [6, 6.07) is 15.0. The third-order valence-corrected chi connectivity index (χ3v) is 6.60. The molecule has 190 valence electrons. The van der Waals surface area contributed by atoms with E-state index in [4.69, 9.17) is 9.47 Å². The van der Waals surface area contributed by atoms with Crippen LogP contribution in [0.3, 0.4) is 0 Å². The van der Waals surface area contributed by atoms with Gasteiger partial charge in [0.15, 0.2) is 0 Å². The molecule has 0 fully saturated rings. The van der Waals surface area contributed by atoms with Crippen LogP contribution in [-0.2, 0) is 24.7 Å².